The van der Waals surface area contributed by atoms with Crippen molar-refractivity contribution in [1.82, 2.24) is 14.7 Å². The van der Waals surface area contributed by atoms with Gasteiger partial charge in [0, 0.05) is 26.2 Å². The summed E-state index contributed by atoms with van der Waals surface area (Å²) < 4.78 is 5.51. The highest BCUT2D eigenvalue weighted by Gasteiger charge is 2.39. The van der Waals surface area contributed by atoms with Crippen LogP contribution in [-0.2, 0) is 4.74 Å². The van der Waals surface area contributed by atoms with Crippen molar-refractivity contribution in [2.75, 3.05) is 26.2 Å². The highest BCUT2D eigenvalue weighted by atomic mass is 16.6. The normalized spacial score (nSPS) is 22.1. The van der Waals surface area contributed by atoms with Gasteiger partial charge in [-0.1, -0.05) is 30.3 Å². The van der Waals surface area contributed by atoms with Crippen LogP contribution in [-0.4, -0.2) is 64.6 Å². The van der Waals surface area contributed by atoms with Gasteiger partial charge in [0.1, 0.15) is 5.60 Å². The van der Waals surface area contributed by atoms with Gasteiger partial charge in [-0.25, -0.2) is 9.59 Å². The lowest BCUT2D eigenvalue weighted by Gasteiger charge is -2.38. The van der Waals surface area contributed by atoms with Crippen molar-refractivity contribution in [1.29, 1.82) is 0 Å². The van der Waals surface area contributed by atoms with E-state index in [1.54, 1.807) is 4.90 Å². The van der Waals surface area contributed by atoms with Crippen molar-refractivity contribution in [2.45, 2.75) is 58.2 Å². The molecular weight excluding hydrogens is 342 g/mol. The Morgan fingerprint density at radius 1 is 1.15 bits per heavy atom. The molecule has 6 nitrogen and oxygen atoms in total. The predicted molar refractivity (Wildman–Crippen MR) is 104 cm³/mol. The van der Waals surface area contributed by atoms with Gasteiger partial charge in [-0.15, -0.1) is 0 Å². The predicted octanol–water partition coefficient (Wildman–Crippen LogP) is 3.88. The van der Waals surface area contributed by atoms with Crippen LogP contribution in [0.3, 0.4) is 0 Å². The Balaban J connectivity index is 1.63. The maximum Gasteiger partial charge on any atom is 0.410 e. The molecule has 2 aliphatic rings. The zero-order valence-corrected chi connectivity index (χ0v) is 16.9. The van der Waals surface area contributed by atoms with E-state index >= 15 is 0 Å². The van der Waals surface area contributed by atoms with E-state index in [1.807, 2.05) is 48.8 Å². The first-order chi connectivity index (χ1) is 12.8. The molecule has 6 heteroatoms. The number of nitrogens with zero attached hydrogens (tertiary/aromatic N) is 3. The Labute approximate surface area is 162 Å². The Bertz CT molecular complexity index is 671. The van der Waals surface area contributed by atoms with E-state index < -0.39 is 5.60 Å². The molecule has 0 aromatic heterocycles. The Morgan fingerprint density at radius 3 is 2.52 bits per heavy atom. The molecule has 2 aliphatic heterocycles. The smallest absolute Gasteiger partial charge is 0.410 e. The zero-order valence-electron chi connectivity index (χ0n) is 16.9. The molecule has 0 N–H and O–H groups in total. The van der Waals surface area contributed by atoms with Crippen molar-refractivity contribution >= 4 is 12.1 Å². The first kappa shape index (κ1) is 19.5. The number of urea groups is 1. The number of amides is 3. The van der Waals surface area contributed by atoms with Gasteiger partial charge >= 0.3 is 12.1 Å². The van der Waals surface area contributed by atoms with E-state index in [0.717, 1.165) is 24.9 Å². The van der Waals surface area contributed by atoms with E-state index in [2.05, 4.69) is 19.1 Å². The van der Waals surface area contributed by atoms with Crippen LogP contribution in [0, 0.1) is 0 Å². The highest BCUT2D eigenvalue weighted by Crippen LogP contribution is 2.28. The van der Waals surface area contributed by atoms with Crippen molar-refractivity contribution in [3.8, 4) is 0 Å². The lowest BCUT2D eigenvalue weighted by Crippen LogP contribution is -2.51. The molecule has 2 saturated heterocycles. The standard InChI is InChI=1S/C21H31N3O3/c1-16(17-9-6-5-7-10-17)23-13-14-24(19(23)25)18-11-8-12-22(15-18)20(26)27-21(2,3)4/h5-7,9-10,16,18H,8,11-15H2,1-4H3/t16-,18-/m0/s1. The van der Waals surface area contributed by atoms with Crippen LogP contribution in [0.25, 0.3) is 0 Å². The minimum atomic E-state index is -0.505. The van der Waals surface area contributed by atoms with Gasteiger partial charge in [-0.2, -0.15) is 0 Å². The van der Waals surface area contributed by atoms with Gasteiger partial charge in [-0.3, -0.25) is 0 Å². The maximum absolute atomic E-state index is 13.0. The molecule has 1 aromatic carbocycles. The fourth-order valence-corrected chi connectivity index (χ4v) is 3.88. The van der Waals surface area contributed by atoms with Crippen molar-refractivity contribution in [3.63, 3.8) is 0 Å². The van der Waals surface area contributed by atoms with E-state index in [0.29, 0.717) is 19.6 Å². The summed E-state index contributed by atoms with van der Waals surface area (Å²) in [5.41, 5.74) is 0.641. The van der Waals surface area contributed by atoms with Gasteiger partial charge in [0.15, 0.2) is 0 Å². The van der Waals surface area contributed by atoms with Crippen molar-refractivity contribution in [2.24, 2.45) is 0 Å². The third-order valence-corrected chi connectivity index (χ3v) is 5.31. The SMILES string of the molecule is C[C@@H](c1ccccc1)N1CCN([C@H]2CCCN(C(=O)OC(C)(C)C)C2)C1=O. The molecule has 0 spiro atoms. The molecule has 0 aliphatic carbocycles. The number of ether oxygens (including phenoxy) is 1. The molecule has 1 aromatic rings. The molecule has 27 heavy (non-hydrogen) atoms. The summed E-state index contributed by atoms with van der Waals surface area (Å²) in [4.78, 5) is 31.1. The van der Waals surface area contributed by atoms with Crippen LogP contribution in [0.2, 0.25) is 0 Å². The van der Waals surface area contributed by atoms with E-state index in [1.165, 1.54) is 0 Å². The summed E-state index contributed by atoms with van der Waals surface area (Å²) >= 11 is 0. The topological polar surface area (TPSA) is 53.1 Å². The van der Waals surface area contributed by atoms with E-state index in [-0.39, 0.29) is 24.2 Å². The van der Waals surface area contributed by atoms with E-state index in [9.17, 15) is 9.59 Å². The molecule has 148 valence electrons. The van der Waals surface area contributed by atoms with Crippen LogP contribution in [0.1, 0.15) is 52.1 Å². The monoisotopic (exact) mass is 373 g/mol. The average molecular weight is 373 g/mol. The summed E-state index contributed by atoms with van der Waals surface area (Å²) in [5, 5.41) is 0. The van der Waals surface area contributed by atoms with Gasteiger partial charge < -0.3 is 19.4 Å². The van der Waals surface area contributed by atoms with Crippen molar-refractivity contribution in [3.05, 3.63) is 35.9 Å². The Hall–Kier alpha value is -2.24. The minimum Gasteiger partial charge on any atom is -0.444 e. The molecule has 0 unspecified atom stereocenters. The van der Waals surface area contributed by atoms with Gasteiger partial charge in [0.05, 0.1) is 12.1 Å². The molecule has 2 atom stereocenters. The summed E-state index contributed by atoms with van der Waals surface area (Å²) in [5.74, 6) is 0. The second-order valence-corrected chi connectivity index (χ2v) is 8.48. The number of piperidine rings is 1. The number of benzene rings is 1. The average Bonchev–Trinajstić information content (AvgIpc) is 3.02. The van der Waals surface area contributed by atoms with Gasteiger partial charge in [0.2, 0.25) is 0 Å². The second-order valence-electron chi connectivity index (χ2n) is 8.48. The molecule has 3 rings (SSSR count). The van der Waals surface area contributed by atoms with Crippen LogP contribution in [0.15, 0.2) is 30.3 Å². The van der Waals surface area contributed by atoms with Gasteiger partial charge in [0.25, 0.3) is 0 Å². The largest absolute Gasteiger partial charge is 0.444 e. The van der Waals surface area contributed by atoms with Crippen LogP contribution >= 0.6 is 0 Å². The van der Waals surface area contributed by atoms with E-state index in [4.69, 9.17) is 4.74 Å². The van der Waals surface area contributed by atoms with Gasteiger partial charge in [-0.05, 0) is 46.1 Å². The van der Waals surface area contributed by atoms with Crippen molar-refractivity contribution < 1.29 is 14.3 Å². The number of carbonyl (C=O) groups excluding carboxylic acids is 2. The molecule has 0 radical (unpaired) electrons. The summed E-state index contributed by atoms with van der Waals surface area (Å²) in [6.45, 7) is 10.4. The molecule has 2 heterocycles. The first-order valence-corrected chi connectivity index (χ1v) is 9.86. The van der Waals surface area contributed by atoms with Crippen LogP contribution in [0.4, 0.5) is 9.59 Å². The number of hydrogen-bond donors (Lipinski definition) is 0. The first-order valence-electron chi connectivity index (χ1n) is 9.86. The third-order valence-electron chi connectivity index (χ3n) is 5.31. The minimum absolute atomic E-state index is 0.0502. The molecular formula is C21H31N3O3. The highest BCUT2D eigenvalue weighted by molar-refractivity contribution is 5.77. The number of hydrogen-bond acceptors (Lipinski definition) is 3. The summed E-state index contributed by atoms with van der Waals surface area (Å²) in [7, 11) is 0. The fraction of sp³-hybridized carbons (Fsp3) is 0.619. The zero-order chi connectivity index (χ0) is 19.6. The summed E-state index contributed by atoms with van der Waals surface area (Å²) in [6.07, 6.45) is 1.54. The second kappa shape index (κ2) is 7.79. The third kappa shape index (κ3) is 4.54. The lowest BCUT2D eigenvalue weighted by molar-refractivity contribution is 0.0141. The number of carbonyl (C=O) groups is 2. The summed E-state index contributed by atoms with van der Waals surface area (Å²) in [6, 6.07) is 10.3. The number of likely N-dealkylation sites (tertiary alicyclic amines) is 1. The molecule has 3 amide bonds. The molecule has 0 saturated carbocycles. The molecule has 2 fully saturated rings. The number of rotatable bonds is 3. The lowest BCUT2D eigenvalue weighted by atomic mass is 10.0. The maximum atomic E-state index is 13.0. The van der Waals surface area contributed by atoms with Crippen LogP contribution in [0.5, 0.6) is 0 Å². The quantitative estimate of drug-likeness (QED) is 0.808. The molecule has 0 bridgehead atoms. The Kier molecular flexibility index (Phi) is 5.63. The Morgan fingerprint density at radius 2 is 1.85 bits per heavy atom. The van der Waals surface area contributed by atoms with Crippen LogP contribution < -0.4 is 0 Å². The fourth-order valence-electron chi connectivity index (χ4n) is 3.88.